The average molecular weight is 287 g/mol. The number of hydrogen-bond donors (Lipinski definition) is 0. The summed E-state index contributed by atoms with van der Waals surface area (Å²) < 4.78 is 0. The Hall–Kier alpha value is -1.67. The lowest BCUT2D eigenvalue weighted by molar-refractivity contribution is 0.257. The van der Waals surface area contributed by atoms with Crippen LogP contribution in [0.4, 0.5) is 5.82 Å². The van der Waals surface area contributed by atoms with Gasteiger partial charge in [0, 0.05) is 19.1 Å². The summed E-state index contributed by atoms with van der Waals surface area (Å²) in [6.45, 7) is 6.03. The van der Waals surface area contributed by atoms with E-state index in [1.165, 1.54) is 6.42 Å². The van der Waals surface area contributed by atoms with Gasteiger partial charge < -0.3 is 9.80 Å². The second-order valence-electron chi connectivity index (χ2n) is 5.85. The second-order valence-corrected chi connectivity index (χ2v) is 5.85. The molecule has 2 rings (SSSR count). The van der Waals surface area contributed by atoms with Crippen LogP contribution >= 0.6 is 0 Å². The van der Waals surface area contributed by atoms with Gasteiger partial charge >= 0.3 is 0 Å². The fraction of sp³-hybridized carbons (Fsp3) is 0.688. The molecule has 1 fully saturated rings. The molecule has 0 amide bonds. The third-order valence-corrected chi connectivity index (χ3v) is 4.37. The molecule has 0 radical (unpaired) electrons. The third kappa shape index (κ3) is 3.16. The maximum absolute atomic E-state index is 9.60. The lowest BCUT2D eigenvalue weighted by Gasteiger charge is -2.37. The van der Waals surface area contributed by atoms with Gasteiger partial charge in [0.1, 0.15) is 11.6 Å². The Kier molecular flexibility index (Phi) is 5.13. The van der Waals surface area contributed by atoms with E-state index in [-0.39, 0.29) is 0 Å². The van der Waals surface area contributed by atoms with Crippen molar-refractivity contribution in [3.8, 4) is 6.07 Å². The molecule has 2 heterocycles. The Bertz CT molecular complexity index is 532. The van der Waals surface area contributed by atoms with Crippen molar-refractivity contribution in [1.82, 2.24) is 15.1 Å². The van der Waals surface area contributed by atoms with Gasteiger partial charge in [-0.05, 0) is 45.3 Å². The van der Waals surface area contributed by atoms with Crippen LogP contribution in [0.1, 0.15) is 43.5 Å². The highest BCUT2D eigenvalue weighted by atomic mass is 15.3. The summed E-state index contributed by atoms with van der Waals surface area (Å²) in [5, 5.41) is 18.3. The first-order valence-corrected chi connectivity index (χ1v) is 7.82. The summed E-state index contributed by atoms with van der Waals surface area (Å²) in [5.74, 6) is 0.776. The molecule has 0 aromatic carbocycles. The van der Waals surface area contributed by atoms with E-state index in [0.29, 0.717) is 6.04 Å². The van der Waals surface area contributed by atoms with Crippen LogP contribution in [0, 0.1) is 11.3 Å². The number of aromatic nitrogens is 2. The molecule has 1 unspecified atom stereocenters. The highest BCUT2D eigenvalue weighted by molar-refractivity contribution is 5.58. The zero-order chi connectivity index (χ0) is 15.4. The van der Waals surface area contributed by atoms with Crippen molar-refractivity contribution >= 4 is 5.82 Å². The normalized spacial score (nSPS) is 18.9. The number of piperidine rings is 1. The Balaban J connectivity index is 2.37. The van der Waals surface area contributed by atoms with Crippen LogP contribution in [0.15, 0.2) is 0 Å². The molecule has 114 valence electrons. The maximum atomic E-state index is 9.60. The predicted octanol–water partition coefficient (Wildman–Crippen LogP) is 2.00. The van der Waals surface area contributed by atoms with E-state index in [1.54, 1.807) is 0 Å². The average Bonchev–Trinajstić information content (AvgIpc) is 2.53. The lowest BCUT2D eigenvalue weighted by Crippen LogP contribution is -2.45. The molecule has 0 bridgehead atoms. The van der Waals surface area contributed by atoms with Crippen LogP contribution in [-0.2, 0) is 12.8 Å². The fourth-order valence-electron chi connectivity index (χ4n) is 3.07. The first-order chi connectivity index (χ1) is 10.1. The highest BCUT2D eigenvalue weighted by Crippen LogP contribution is 2.26. The van der Waals surface area contributed by atoms with E-state index in [0.717, 1.165) is 55.0 Å². The minimum atomic E-state index is 0.517. The quantitative estimate of drug-likeness (QED) is 0.848. The van der Waals surface area contributed by atoms with E-state index >= 15 is 0 Å². The molecular formula is C16H25N5. The first-order valence-electron chi connectivity index (χ1n) is 7.82. The number of hydrogen-bond acceptors (Lipinski definition) is 5. The van der Waals surface area contributed by atoms with Crippen molar-refractivity contribution < 1.29 is 0 Å². The Morgan fingerprint density at radius 2 is 2.05 bits per heavy atom. The number of nitrogens with zero attached hydrogens (tertiary/aromatic N) is 5. The summed E-state index contributed by atoms with van der Waals surface area (Å²) >= 11 is 0. The van der Waals surface area contributed by atoms with Crippen molar-refractivity contribution in [2.45, 2.75) is 45.6 Å². The zero-order valence-corrected chi connectivity index (χ0v) is 13.6. The number of nitriles is 1. The molecule has 1 saturated heterocycles. The van der Waals surface area contributed by atoms with Crippen LogP contribution in [0.5, 0.6) is 0 Å². The van der Waals surface area contributed by atoms with Crippen molar-refractivity contribution in [3.05, 3.63) is 16.8 Å². The third-order valence-electron chi connectivity index (χ3n) is 4.37. The molecule has 0 spiro atoms. The topological polar surface area (TPSA) is 56.1 Å². The molecular weight excluding hydrogens is 262 g/mol. The van der Waals surface area contributed by atoms with Gasteiger partial charge in [-0.25, -0.2) is 0 Å². The van der Waals surface area contributed by atoms with Crippen LogP contribution in [0.3, 0.4) is 0 Å². The molecule has 0 saturated carbocycles. The van der Waals surface area contributed by atoms with Crippen molar-refractivity contribution in [2.75, 3.05) is 32.1 Å². The van der Waals surface area contributed by atoms with E-state index in [9.17, 15) is 5.26 Å². The lowest BCUT2D eigenvalue weighted by atomic mass is 10.0. The van der Waals surface area contributed by atoms with Crippen LogP contribution in [0.25, 0.3) is 0 Å². The van der Waals surface area contributed by atoms with E-state index in [1.807, 2.05) is 0 Å². The minimum absolute atomic E-state index is 0.517. The largest absolute Gasteiger partial charge is 0.352 e. The van der Waals surface area contributed by atoms with Gasteiger partial charge in [0.05, 0.1) is 5.69 Å². The van der Waals surface area contributed by atoms with Gasteiger partial charge in [0.25, 0.3) is 0 Å². The zero-order valence-electron chi connectivity index (χ0n) is 13.6. The number of anilines is 1. The molecule has 0 N–H and O–H groups in total. The predicted molar refractivity (Wildman–Crippen MR) is 84.4 cm³/mol. The molecule has 5 heteroatoms. The number of likely N-dealkylation sites (N-methyl/N-ethyl adjacent to an activating group) is 1. The van der Waals surface area contributed by atoms with Gasteiger partial charge in [-0.15, -0.1) is 5.10 Å². The monoisotopic (exact) mass is 287 g/mol. The van der Waals surface area contributed by atoms with Gasteiger partial charge in [-0.2, -0.15) is 10.4 Å². The summed E-state index contributed by atoms with van der Waals surface area (Å²) in [6.07, 6.45) is 3.99. The fourth-order valence-corrected chi connectivity index (χ4v) is 3.07. The maximum Gasteiger partial charge on any atom is 0.169 e. The highest BCUT2D eigenvalue weighted by Gasteiger charge is 2.26. The van der Waals surface area contributed by atoms with Gasteiger partial charge in [0.2, 0.25) is 0 Å². The Morgan fingerprint density at radius 1 is 1.29 bits per heavy atom. The van der Waals surface area contributed by atoms with E-state index in [4.69, 9.17) is 0 Å². The Morgan fingerprint density at radius 3 is 2.62 bits per heavy atom. The molecule has 1 aromatic rings. The van der Waals surface area contributed by atoms with Crippen LogP contribution in [-0.4, -0.2) is 48.3 Å². The standard InChI is InChI=1S/C16H25N5/c1-5-13-14(10-17)16(19-18-15(13)6-2)21-9-7-8-12(11-21)20(3)4/h12H,5-9,11H2,1-4H3. The molecule has 1 atom stereocenters. The van der Waals surface area contributed by atoms with E-state index < -0.39 is 0 Å². The molecule has 21 heavy (non-hydrogen) atoms. The molecule has 5 nitrogen and oxygen atoms in total. The second kappa shape index (κ2) is 6.86. The first kappa shape index (κ1) is 15.7. The smallest absolute Gasteiger partial charge is 0.169 e. The van der Waals surface area contributed by atoms with Crippen LogP contribution in [0.2, 0.25) is 0 Å². The summed E-state index contributed by atoms with van der Waals surface area (Å²) in [6, 6.07) is 2.89. The van der Waals surface area contributed by atoms with Crippen LogP contribution < -0.4 is 4.90 Å². The number of aryl methyl sites for hydroxylation is 1. The van der Waals surface area contributed by atoms with Gasteiger partial charge in [0.15, 0.2) is 5.82 Å². The van der Waals surface area contributed by atoms with E-state index in [2.05, 4.69) is 54.0 Å². The van der Waals surface area contributed by atoms with Gasteiger partial charge in [-0.1, -0.05) is 13.8 Å². The molecule has 0 aliphatic carbocycles. The Labute approximate surface area is 127 Å². The van der Waals surface area contributed by atoms with Crippen molar-refractivity contribution in [1.29, 1.82) is 5.26 Å². The van der Waals surface area contributed by atoms with Crippen molar-refractivity contribution in [3.63, 3.8) is 0 Å². The van der Waals surface area contributed by atoms with Gasteiger partial charge in [-0.3, -0.25) is 0 Å². The summed E-state index contributed by atoms with van der Waals surface area (Å²) in [7, 11) is 4.23. The number of rotatable bonds is 4. The minimum Gasteiger partial charge on any atom is -0.352 e. The SMILES string of the molecule is CCc1nnc(N2CCCC(N(C)C)C2)c(C#N)c1CC. The molecule has 1 aromatic heterocycles. The summed E-state index contributed by atoms with van der Waals surface area (Å²) in [4.78, 5) is 4.49. The molecule has 1 aliphatic rings. The molecule has 1 aliphatic heterocycles. The van der Waals surface area contributed by atoms with Crippen molar-refractivity contribution in [2.24, 2.45) is 0 Å². The summed E-state index contributed by atoms with van der Waals surface area (Å²) in [5.41, 5.74) is 2.75.